The number of amides is 1. The van der Waals surface area contributed by atoms with Gasteiger partial charge in [0.15, 0.2) is 0 Å². The van der Waals surface area contributed by atoms with Crippen LogP contribution in [0.15, 0.2) is 42.5 Å². The number of alkyl halides is 3. The van der Waals surface area contributed by atoms with Crippen LogP contribution >= 0.6 is 23.2 Å². The minimum absolute atomic E-state index is 0.171. The normalized spacial score (nSPS) is 15.8. The maximum absolute atomic E-state index is 12.8. The van der Waals surface area contributed by atoms with E-state index in [0.29, 0.717) is 53.9 Å². The molecule has 27 heavy (non-hydrogen) atoms. The first kappa shape index (κ1) is 20.0. The quantitative estimate of drug-likeness (QED) is 0.704. The minimum atomic E-state index is -4.35. The number of benzene rings is 2. The van der Waals surface area contributed by atoms with Crippen molar-refractivity contribution in [2.45, 2.75) is 12.7 Å². The highest BCUT2D eigenvalue weighted by molar-refractivity contribution is 6.36. The van der Waals surface area contributed by atoms with E-state index in [0.717, 1.165) is 6.07 Å². The average molecular weight is 417 g/mol. The highest BCUT2D eigenvalue weighted by atomic mass is 35.5. The largest absolute Gasteiger partial charge is 0.416 e. The third-order valence-electron chi connectivity index (χ3n) is 4.48. The lowest BCUT2D eigenvalue weighted by Crippen LogP contribution is -2.48. The van der Waals surface area contributed by atoms with Gasteiger partial charge in [-0.1, -0.05) is 41.4 Å². The number of piperazine rings is 1. The summed E-state index contributed by atoms with van der Waals surface area (Å²) in [7, 11) is 0. The first-order chi connectivity index (χ1) is 12.7. The molecule has 0 spiro atoms. The van der Waals surface area contributed by atoms with Crippen molar-refractivity contribution in [1.29, 1.82) is 0 Å². The zero-order valence-corrected chi connectivity index (χ0v) is 15.8. The molecule has 1 saturated heterocycles. The fraction of sp³-hybridized carbons (Fsp3) is 0.316. The summed E-state index contributed by atoms with van der Waals surface area (Å²) >= 11 is 12.0. The van der Waals surface area contributed by atoms with Gasteiger partial charge < -0.3 is 4.90 Å². The van der Waals surface area contributed by atoms with Gasteiger partial charge in [0.2, 0.25) is 0 Å². The summed E-state index contributed by atoms with van der Waals surface area (Å²) in [5, 5.41) is 0.765. The molecule has 0 unspecified atom stereocenters. The molecule has 8 heteroatoms. The summed E-state index contributed by atoms with van der Waals surface area (Å²) in [5.41, 5.74) is 0.351. The predicted molar refractivity (Wildman–Crippen MR) is 99.1 cm³/mol. The van der Waals surface area contributed by atoms with E-state index in [1.165, 1.54) is 18.2 Å². The molecular weight excluding hydrogens is 400 g/mol. The van der Waals surface area contributed by atoms with E-state index in [1.54, 1.807) is 23.1 Å². The van der Waals surface area contributed by atoms with Crippen LogP contribution < -0.4 is 0 Å². The summed E-state index contributed by atoms with van der Waals surface area (Å²) in [4.78, 5) is 16.3. The van der Waals surface area contributed by atoms with Crippen molar-refractivity contribution < 1.29 is 18.0 Å². The molecule has 0 atom stereocenters. The van der Waals surface area contributed by atoms with Crippen LogP contribution in [-0.2, 0) is 12.7 Å². The van der Waals surface area contributed by atoms with Crippen molar-refractivity contribution in [3.63, 3.8) is 0 Å². The van der Waals surface area contributed by atoms with Crippen LogP contribution in [0.2, 0.25) is 10.0 Å². The number of carbonyl (C=O) groups is 1. The van der Waals surface area contributed by atoms with Crippen LogP contribution in [0.3, 0.4) is 0 Å². The third-order valence-corrected chi connectivity index (χ3v) is 5.03. The van der Waals surface area contributed by atoms with Crippen LogP contribution in [0.1, 0.15) is 21.5 Å². The van der Waals surface area contributed by atoms with Crippen LogP contribution in [0, 0.1) is 0 Å². The number of nitrogens with zero attached hydrogens (tertiary/aromatic N) is 2. The van der Waals surface area contributed by atoms with E-state index in [9.17, 15) is 18.0 Å². The van der Waals surface area contributed by atoms with Crippen molar-refractivity contribution in [3.8, 4) is 0 Å². The standard InChI is InChI=1S/C19H17Cl2F3N2O/c20-15-4-5-16(17(21)11-15)18(27)26-8-6-25(7-9-26)12-13-2-1-3-14(10-13)19(22,23)24/h1-5,10-11H,6-9,12H2. The lowest BCUT2D eigenvalue weighted by Gasteiger charge is -2.35. The van der Waals surface area contributed by atoms with Crippen molar-refractivity contribution in [2.75, 3.05) is 26.2 Å². The van der Waals surface area contributed by atoms with Gasteiger partial charge in [-0.25, -0.2) is 0 Å². The number of hydrogen-bond donors (Lipinski definition) is 0. The number of halogens is 5. The Balaban J connectivity index is 1.60. The molecule has 2 aromatic carbocycles. The zero-order chi connectivity index (χ0) is 19.6. The fourth-order valence-corrected chi connectivity index (χ4v) is 3.54. The molecule has 2 aromatic rings. The second kappa shape index (κ2) is 8.09. The van der Waals surface area contributed by atoms with Crippen molar-refractivity contribution in [1.82, 2.24) is 9.80 Å². The number of hydrogen-bond acceptors (Lipinski definition) is 2. The Morgan fingerprint density at radius 1 is 1.00 bits per heavy atom. The Hall–Kier alpha value is -1.76. The molecule has 3 nitrogen and oxygen atoms in total. The topological polar surface area (TPSA) is 23.6 Å². The Morgan fingerprint density at radius 2 is 1.70 bits per heavy atom. The Kier molecular flexibility index (Phi) is 5.99. The lowest BCUT2D eigenvalue weighted by molar-refractivity contribution is -0.137. The van der Waals surface area contributed by atoms with Crippen LogP contribution in [0.5, 0.6) is 0 Å². The van der Waals surface area contributed by atoms with E-state index in [2.05, 4.69) is 0 Å². The second-order valence-corrected chi connectivity index (χ2v) is 7.23. The second-order valence-electron chi connectivity index (χ2n) is 6.39. The Morgan fingerprint density at radius 3 is 2.33 bits per heavy atom. The van der Waals surface area contributed by atoms with Crippen molar-refractivity contribution in [3.05, 3.63) is 69.2 Å². The van der Waals surface area contributed by atoms with Gasteiger partial charge in [-0.2, -0.15) is 13.2 Å². The minimum Gasteiger partial charge on any atom is -0.336 e. The molecule has 0 aliphatic carbocycles. The van der Waals surface area contributed by atoms with E-state index < -0.39 is 11.7 Å². The fourth-order valence-electron chi connectivity index (χ4n) is 3.05. The molecule has 0 N–H and O–H groups in total. The summed E-state index contributed by atoms with van der Waals surface area (Å²) in [6.45, 7) is 2.53. The first-order valence-corrected chi connectivity index (χ1v) is 9.12. The molecule has 144 valence electrons. The molecule has 1 heterocycles. The summed E-state index contributed by atoms with van der Waals surface area (Å²) < 4.78 is 38.5. The van der Waals surface area contributed by atoms with Crippen LogP contribution in [0.25, 0.3) is 0 Å². The molecular formula is C19H17Cl2F3N2O. The van der Waals surface area contributed by atoms with Gasteiger partial charge >= 0.3 is 6.18 Å². The number of carbonyl (C=O) groups excluding carboxylic acids is 1. The molecule has 1 fully saturated rings. The highest BCUT2D eigenvalue weighted by Gasteiger charge is 2.30. The summed E-state index contributed by atoms with van der Waals surface area (Å²) in [6.07, 6.45) is -4.35. The highest BCUT2D eigenvalue weighted by Crippen LogP contribution is 2.30. The molecule has 3 rings (SSSR count). The smallest absolute Gasteiger partial charge is 0.336 e. The van der Waals surface area contributed by atoms with Gasteiger partial charge in [-0.05, 0) is 29.8 Å². The summed E-state index contributed by atoms with van der Waals surface area (Å²) in [6, 6.07) is 10.1. The maximum atomic E-state index is 12.8. The molecule has 1 amide bonds. The lowest BCUT2D eigenvalue weighted by atomic mass is 10.1. The molecule has 0 radical (unpaired) electrons. The molecule has 0 saturated carbocycles. The molecule has 1 aliphatic rings. The van der Waals surface area contributed by atoms with Crippen LogP contribution in [-0.4, -0.2) is 41.9 Å². The van der Waals surface area contributed by atoms with Crippen molar-refractivity contribution >= 4 is 29.1 Å². The maximum Gasteiger partial charge on any atom is 0.416 e. The first-order valence-electron chi connectivity index (χ1n) is 8.37. The third kappa shape index (κ3) is 4.94. The van der Waals surface area contributed by atoms with Gasteiger partial charge in [-0.3, -0.25) is 9.69 Å². The molecule has 0 aromatic heterocycles. The van der Waals surface area contributed by atoms with Gasteiger partial charge in [0, 0.05) is 37.7 Å². The van der Waals surface area contributed by atoms with Gasteiger partial charge in [0.25, 0.3) is 5.91 Å². The van der Waals surface area contributed by atoms with E-state index >= 15 is 0 Å². The summed E-state index contributed by atoms with van der Waals surface area (Å²) in [5.74, 6) is -0.171. The van der Waals surface area contributed by atoms with E-state index in [1.807, 2.05) is 4.90 Å². The van der Waals surface area contributed by atoms with Crippen molar-refractivity contribution in [2.24, 2.45) is 0 Å². The SMILES string of the molecule is O=C(c1ccc(Cl)cc1Cl)N1CCN(Cc2cccc(C(F)(F)F)c2)CC1. The van der Waals surface area contributed by atoms with Gasteiger partial charge in [0.1, 0.15) is 0 Å². The Bertz CT molecular complexity index is 834. The van der Waals surface area contributed by atoms with Gasteiger partial charge in [-0.15, -0.1) is 0 Å². The predicted octanol–water partition coefficient (Wildman–Crippen LogP) is 4.97. The number of rotatable bonds is 3. The van der Waals surface area contributed by atoms with Gasteiger partial charge in [0.05, 0.1) is 16.1 Å². The molecule has 1 aliphatic heterocycles. The Labute approximate surface area is 165 Å². The van der Waals surface area contributed by atoms with Crippen LogP contribution in [0.4, 0.5) is 13.2 Å². The van der Waals surface area contributed by atoms with E-state index in [4.69, 9.17) is 23.2 Å². The zero-order valence-electron chi connectivity index (χ0n) is 14.3. The molecule has 0 bridgehead atoms. The monoisotopic (exact) mass is 416 g/mol. The van der Waals surface area contributed by atoms with E-state index in [-0.39, 0.29) is 5.91 Å². The average Bonchev–Trinajstić information content (AvgIpc) is 2.61.